The number of hydrogen-bond acceptors (Lipinski definition) is 4. The van der Waals surface area contributed by atoms with Gasteiger partial charge in [-0.05, 0) is 49.3 Å². The zero-order valence-electron chi connectivity index (χ0n) is 16.2. The summed E-state index contributed by atoms with van der Waals surface area (Å²) in [5.74, 6) is -0.174. The summed E-state index contributed by atoms with van der Waals surface area (Å²) in [6.07, 6.45) is 14.2. The fraction of sp³-hybridized carbons (Fsp3) is 0.182. The Balaban J connectivity index is 1.73. The molecule has 0 unspecified atom stereocenters. The van der Waals surface area contributed by atoms with Crippen molar-refractivity contribution >= 4 is 38.4 Å². The van der Waals surface area contributed by atoms with Gasteiger partial charge in [0.1, 0.15) is 0 Å². The number of nitrogens with two attached hydrogens (primary N) is 1. The highest BCUT2D eigenvalue weighted by Crippen LogP contribution is 2.20. The molecule has 150 valence electrons. The van der Waals surface area contributed by atoms with E-state index in [2.05, 4.69) is 36.8 Å². The molecule has 5 N–H and O–H groups in total. The van der Waals surface area contributed by atoms with Crippen LogP contribution in [0.3, 0.4) is 0 Å². The van der Waals surface area contributed by atoms with Crippen LogP contribution in [0.5, 0.6) is 0 Å². The van der Waals surface area contributed by atoms with Crippen molar-refractivity contribution in [3.63, 3.8) is 0 Å². The van der Waals surface area contributed by atoms with E-state index in [-0.39, 0.29) is 5.91 Å². The van der Waals surface area contributed by atoms with E-state index in [0.29, 0.717) is 23.1 Å². The largest absolute Gasteiger partial charge is 0.401 e. The second kappa shape index (κ2) is 9.93. The lowest BCUT2D eigenvalue weighted by molar-refractivity contribution is -0.112. The minimum atomic E-state index is -0.174. The van der Waals surface area contributed by atoms with E-state index in [4.69, 9.17) is 5.73 Å². The number of hydrogen-bond donors (Lipinski definition) is 4. The van der Waals surface area contributed by atoms with Crippen molar-refractivity contribution in [3.05, 3.63) is 83.4 Å². The van der Waals surface area contributed by atoms with Crippen LogP contribution in [0, 0.1) is 0 Å². The average molecular weight is 454 g/mol. The third-order valence-corrected chi connectivity index (χ3v) is 5.12. The predicted octanol–water partition coefficient (Wildman–Crippen LogP) is 4.05. The van der Waals surface area contributed by atoms with Crippen molar-refractivity contribution in [2.75, 3.05) is 17.2 Å². The van der Waals surface area contributed by atoms with Crippen molar-refractivity contribution < 1.29 is 4.79 Å². The summed E-state index contributed by atoms with van der Waals surface area (Å²) >= 11 is 3.35. The quantitative estimate of drug-likeness (QED) is 0.375. The van der Waals surface area contributed by atoms with Crippen molar-refractivity contribution in [1.82, 2.24) is 15.5 Å². The number of alkyl halides is 1. The fourth-order valence-electron chi connectivity index (χ4n) is 2.92. The number of carbonyl (C=O) groups excluding carboxylic acids is 1. The number of allylic oxidation sites excluding steroid dienone is 6. The Hall–Kier alpha value is -3.06. The van der Waals surface area contributed by atoms with E-state index in [0.717, 1.165) is 34.3 Å². The summed E-state index contributed by atoms with van der Waals surface area (Å²) in [5, 5.41) is 14.9. The smallest absolute Gasteiger partial charge is 0.257 e. The number of rotatable bonds is 7. The molecule has 2 aromatic rings. The molecule has 0 atom stereocenters. The van der Waals surface area contributed by atoms with Crippen LogP contribution in [-0.2, 0) is 4.79 Å². The van der Waals surface area contributed by atoms with Crippen LogP contribution >= 0.6 is 15.9 Å². The number of nitrogens with one attached hydrogen (secondary N) is 3. The molecular weight excluding hydrogens is 430 g/mol. The number of halogens is 1. The van der Waals surface area contributed by atoms with Crippen LogP contribution in [0.25, 0.3) is 10.9 Å². The molecule has 0 radical (unpaired) electrons. The minimum Gasteiger partial charge on any atom is -0.401 e. The van der Waals surface area contributed by atoms with E-state index < -0.39 is 0 Å². The van der Waals surface area contributed by atoms with Gasteiger partial charge in [-0.25, -0.2) is 0 Å². The standard InChI is InChI=1S/C22H24BrN5O/c1-2-15(10-17(24)12-23)13-25-20-7-5-3-4-6-19(20)22(29)27-18-9-8-16-14-26-28-21(16)11-18/h2-4,6-11,14,25H,5,12-13,24H2,1H3,(H,26,28)(H,27,29)/b15-2+,17-10-. The lowest BCUT2D eigenvalue weighted by Crippen LogP contribution is -2.24. The first-order valence-electron chi connectivity index (χ1n) is 9.33. The third kappa shape index (κ3) is 5.48. The van der Waals surface area contributed by atoms with Gasteiger partial charge in [0, 0.05) is 34.3 Å². The van der Waals surface area contributed by atoms with Crippen LogP contribution in [0.15, 0.2) is 83.4 Å². The van der Waals surface area contributed by atoms with E-state index >= 15 is 0 Å². The Labute approximate surface area is 178 Å². The molecule has 1 aromatic carbocycles. The number of nitrogens with zero attached hydrogens (tertiary/aromatic N) is 1. The van der Waals surface area contributed by atoms with E-state index in [9.17, 15) is 4.79 Å². The normalized spacial score (nSPS) is 15.0. The van der Waals surface area contributed by atoms with E-state index in [1.807, 2.05) is 61.6 Å². The summed E-state index contributed by atoms with van der Waals surface area (Å²) in [4.78, 5) is 13.0. The highest BCUT2D eigenvalue weighted by atomic mass is 79.9. The average Bonchev–Trinajstić information content (AvgIpc) is 3.06. The van der Waals surface area contributed by atoms with E-state index in [1.165, 1.54) is 0 Å². The molecule has 1 aliphatic carbocycles. The molecule has 0 saturated heterocycles. The minimum absolute atomic E-state index is 0.174. The first kappa shape index (κ1) is 20.7. The molecule has 1 amide bonds. The van der Waals surface area contributed by atoms with Gasteiger partial charge in [0.2, 0.25) is 0 Å². The molecule has 0 aliphatic heterocycles. The number of aromatic amines is 1. The zero-order chi connectivity index (χ0) is 20.6. The maximum absolute atomic E-state index is 13.0. The Morgan fingerprint density at radius 1 is 1.41 bits per heavy atom. The molecule has 0 bridgehead atoms. The van der Waals surface area contributed by atoms with Crippen LogP contribution in [0.1, 0.15) is 13.3 Å². The van der Waals surface area contributed by atoms with Gasteiger partial charge in [-0.1, -0.05) is 40.2 Å². The van der Waals surface area contributed by atoms with Gasteiger partial charge >= 0.3 is 0 Å². The van der Waals surface area contributed by atoms with Crippen LogP contribution in [0.2, 0.25) is 0 Å². The molecule has 0 saturated carbocycles. The molecule has 0 spiro atoms. The molecule has 6 nitrogen and oxygen atoms in total. The summed E-state index contributed by atoms with van der Waals surface area (Å²) < 4.78 is 0. The molecule has 1 aromatic heterocycles. The summed E-state index contributed by atoms with van der Waals surface area (Å²) in [6.45, 7) is 2.54. The lowest BCUT2D eigenvalue weighted by atomic mass is 10.1. The summed E-state index contributed by atoms with van der Waals surface area (Å²) in [5.41, 5.74) is 10.7. The van der Waals surface area contributed by atoms with Gasteiger partial charge in [-0.2, -0.15) is 5.10 Å². The monoisotopic (exact) mass is 453 g/mol. The first-order valence-corrected chi connectivity index (χ1v) is 10.5. The number of anilines is 1. The van der Waals surface area contributed by atoms with Crippen molar-refractivity contribution in [2.24, 2.45) is 5.73 Å². The zero-order valence-corrected chi connectivity index (χ0v) is 17.8. The Morgan fingerprint density at radius 2 is 2.28 bits per heavy atom. The fourth-order valence-corrected chi connectivity index (χ4v) is 3.08. The number of H-pyrrole nitrogens is 1. The van der Waals surface area contributed by atoms with Gasteiger partial charge in [0.25, 0.3) is 5.91 Å². The van der Waals surface area contributed by atoms with Crippen LogP contribution < -0.4 is 16.4 Å². The summed E-state index contributed by atoms with van der Waals surface area (Å²) in [6, 6.07) is 5.66. The SMILES string of the molecule is C/C=C(\C=C(/N)CBr)CNC1=CCC=CC=C1C(=O)Nc1ccc2cn[nH]c2c1. The third-order valence-electron chi connectivity index (χ3n) is 4.47. The number of fused-ring (bicyclic) bond motifs is 1. The van der Waals surface area contributed by atoms with Gasteiger partial charge in [0.15, 0.2) is 0 Å². The molecular formula is C22H24BrN5O. The van der Waals surface area contributed by atoms with Crippen LogP contribution in [0.4, 0.5) is 5.69 Å². The Morgan fingerprint density at radius 3 is 3.07 bits per heavy atom. The highest BCUT2D eigenvalue weighted by Gasteiger charge is 2.16. The topological polar surface area (TPSA) is 95.8 Å². The highest BCUT2D eigenvalue weighted by molar-refractivity contribution is 9.09. The number of carbonyl (C=O) groups is 1. The summed E-state index contributed by atoms with van der Waals surface area (Å²) in [7, 11) is 0. The lowest BCUT2D eigenvalue weighted by Gasteiger charge is -2.15. The van der Waals surface area contributed by atoms with Gasteiger partial charge in [0.05, 0.1) is 17.3 Å². The van der Waals surface area contributed by atoms with Crippen molar-refractivity contribution in [2.45, 2.75) is 13.3 Å². The number of amides is 1. The van der Waals surface area contributed by atoms with Gasteiger partial charge < -0.3 is 16.4 Å². The van der Waals surface area contributed by atoms with Crippen LogP contribution in [-0.4, -0.2) is 28.0 Å². The molecule has 29 heavy (non-hydrogen) atoms. The number of aromatic nitrogens is 2. The van der Waals surface area contributed by atoms with Gasteiger partial charge in [-0.15, -0.1) is 0 Å². The first-order chi connectivity index (χ1) is 14.1. The van der Waals surface area contributed by atoms with Crippen molar-refractivity contribution in [1.29, 1.82) is 0 Å². The maximum atomic E-state index is 13.0. The van der Waals surface area contributed by atoms with Crippen molar-refractivity contribution in [3.8, 4) is 0 Å². The molecule has 3 rings (SSSR count). The molecule has 1 heterocycles. The molecule has 1 aliphatic rings. The Bertz CT molecular complexity index is 1040. The second-order valence-corrected chi connectivity index (χ2v) is 7.12. The predicted molar refractivity (Wildman–Crippen MR) is 122 cm³/mol. The molecule has 0 fully saturated rings. The second-order valence-electron chi connectivity index (χ2n) is 6.56. The number of benzene rings is 1. The van der Waals surface area contributed by atoms with E-state index in [1.54, 1.807) is 6.20 Å². The molecule has 7 heteroatoms. The van der Waals surface area contributed by atoms with Gasteiger partial charge in [-0.3, -0.25) is 9.89 Å². The Kier molecular flexibility index (Phi) is 7.08. The maximum Gasteiger partial charge on any atom is 0.257 e.